The molecule has 0 bridgehead atoms. The van der Waals surface area contributed by atoms with Crippen molar-refractivity contribution in [2.75, 3.05) is 59.4 Å². The molecule has 0 spiro atoms. The molecule has 1 heterocycles. The molecule has 1 fully saturated rings. The molecule has 1 aliphatic heterocycles. The summed E-state index contributed by atoms with van der Waals surface area (Å²) in [5, 5.41) is 2.93. The number of methoxy groups -OCH3 is 3. The minimum absolute atomic E-state index is 0.0631. The Kier molecular flexibility index (Phi) is 7.48. The van der Waals surface area contributed by atoms with Gasteiger partial charge in [0.15, 0.2) is 6.54 Å². The van der Waals surface area contributed by atoms with Crippen LogP contribution in [0.5, 0.6) is 17.2 Å². The number of hydrogen-bond acceptors (Lipinski definition) is 4. The number of quaternary nitrogens is 2. The van der Waals surface area contributed by atoms with Gasteiger partial charge >= 0.3 is 0 Å². The molecule has 2 aromatic rings. The Morgan fingerprint density at radius 1 is 0.933 bits per heavy atom. The lowest BCUT2D eigenvalue weighted by Gasteiger charge is -2.29. The average Bonchev–Trinajstić information content (AvgIpc) is 2.75. The standard InChI is InChI=1S/C22H28FN3O4/c1-28-18-5-7-21(30-3)19(13-18)24-22(27)15-26-10-8-25(9-11-26)14-16-12-17(23)4-6-20(16)29-2/h4-7,12-13H,8-11,14-15H2,1-3H3,(H,24,27)/p+2. The maximum atomic E-state index is 13.6. The molecule has 0 aliphatic carbocycles. The summed E-state index contributed by atoms with van der Waals surface area (Å²) >= 11 is 0. The molecule has 1 saturated heterocycles. The van der Waals surface area contributed by atoms with Crippen LogP contribution in [0.25, 0.3) is 0 Å². The molecule has 162 valence electrons. The van der Waals surface area contributed by atoms with Crippen molar-refractivity contribution >= 4 is 11.6 Å². The zero-order valence-electron chi connectivity index (χ0n) is 17.7. The van der Waals surface area contributed by atoms with E-state index in [0.29, 0.717) is 36.0 Å². The second-order valence-corrected chi connectivity index (χ2v) is 7.42. The third kappa shape index (κ3) is 5.61. The van der Waals surface area contributed by atoms with Gasteiger partial charge in [0.25, 0.3) is 5.91 Å². The van der Waals surface area contributed by atoms with E-state index in [2.05, 4.69) is 5.32 Å². The van der Waals surface area contributed by atoms with Crippen molar-refractivity contribution in [3.8, 4) is 17.2 Å². The molecule has 0 atom stereocenters. The Morgan fingerprint density at radius 2 is 1.60 bits per heavy atom. The number of benzene rings is 2. The molecule has 0 unspecified atom stereocenters. The smallest absolute Gasteiger partial charge is 0.279 e. The van der Waals surface area contributed by atoms with E-state index in [0.717, 1.165) is 31.7 Å². The van der Waals surface area contributed by atoms with Gasteiger partial charge in [-0.3, -0.25) is 4.79 Å². The number of anilines is 1. The maximum Gasteiger partial charge on any atom is 0.279 e. The molecular weight excluding hydrogens is 389 g/mol. The van der Waals surface area contributed by atoms with Gasteiger partial charge in [0, 0.05) is 6.07 Å². The Hall–Kier alpha value is -2.84. The number of carbonyl (C=O) groups is 1. The van der Waals surface area contributed by atoms with E-state index in [-0.39, 0.29) is 11.7 Å². The first-order chi connectivity index (χ1) is 14.5. The molecule has 8 heteroatoms. The molecule has 1 amide bonds. The number of ether oxygens (including phenoxy) is 3. The van der Waals surface area contributed by atoms with Gasteiger partial charge in [-0.05, 0) is 30.3 Å². The fraction of sp³-hybridized carbons (Fsp3) is 0.409. The minimum atomic E-state index is -0.251. The molecule has 1 aliphatic rings. The average molecular weight is 419 g/mol. The van der Waals surface area contributed by atoms with Gasteiger partial charge < -0.3 is 29.3 Å². The lowest BCUT2D eigenvalue weighted by Crippen LogP contribution is -3.28. The fourth-order valence-electron chi connectivity index (χ4n) is 3.80. The van der Waals surface area contributed by atoms with E-state index in [1.54, 1.807) is 51.7 Å². The van der Waals surface area contributed by atoms with E-state index in [9.17, 15) is 9.18 Å². The minimum Gasteiger partial charge on any atom is -0.497 e. The summed E-state index contributed by atoms with van der Waals surface area (Å²) in [6.07, 6.45) is 0. The molecule has 0 saturated carbocycles. The van der Waals surface area contributed by atoms with Gasteiger partial charge in [-0.15, -0.1) is 0 Å². The van der Waals surface area contributed by atoms with Crippen LogP contribution in [0.15, 0.2) is 36.4 Å². The topological polar surface area (TPSA) is 65.7 Å². The first-order valence-electron chi connectivity index (χ1n) is 10.0. The zero-order chi connectivity index (χ0) is 21.5. The molecule has 3 rings (SSSR count). The molecule has 0 radical (unpaired) electrons. The van der Waals surface area contributed by atoms with E-state index in [4.69, 9.17) is 14.2 Å². The van der Waals surface area contributed by atoms with Gasteiger partial charge in [-0.25, -0.2) is 4.39 Å². The summed E-state index contributed by atoms with van der Waals surface area (Å²) < 4.78 is 29.5. The SMILES string of the molecule is COc1ccc(OC)c(NC(=O)C[NH+]2CC[NH+](Cc3cc(F)ccc3OC)CC2)c1. The Bertz CT molecular complexity index is 869. The van der Waals surface area contributed by atoms with Crippen LogP contribution in [-0.4, -0.2) is 60.0 Å². The quantitative estimate of drug-likeness (QED) is 0.553. The highest BCUT2D eigenvalue weighted by atomic mass is 19.1. The number of rotatable bonds is 8. The van der Waals surface area contributed by atoms with Crippen LogP contribution >= 0.6 is 0 Å². The highest BCUT2D eigenvalue weighted by Gasteiger charge is 2.26. The van der Waals surface area contributed by atoms with Crippen LogP contribution in [0, 0.1) is 5.82 Å². The van der Waals surface area contributed by atoms with Gasteiger partial charge in [-0.1, -0.05) is 0 Å². The molecule has 7 nitrogen and oxygen atoms in total. The maximum absolute atomic E-state index is 13.6. The van der Waals surface area contributed by atoms with Crippen LogP contribution < -0.4 is 29.3 Å². The highest BCUT2D eigenvalue weighted by Crippen LogP contribution is 2.28. The van der Waals surface area contributed by atoms with Crippen molar-refractivity contribution in [1.29, 1.82) is 0 Å². The Balaban J connectivity index is 1.51. The van der Waals surface area contributed by atoms with Crippen LogP contribution in [-0.2, 0) is 11.3 Å². The van der Waals surface area contributed by atoms with Crippen molar-refractivity contribution < 1.29 is 33.2 Å². The predicted molar refractivity (Wildman–Crippen MR) is 111 cm³/mol. The summed E-state index contributed by atoms with van der Waals surface area (Å²) in [4.78, 5) is 15.1. The summed E-state index contributed by atoms with van der Waals surface area (Å²) in [5.74, 6) is 1.65. The number of carbonyl (C=O) groups excluding carboxylic acids is 1. The fourth-order valence-corrected chi connectivity index (χ4v) is 3.80. The van der Waals surface area contributed by atoms with Crippen LogP contribution in [0.3, 0.4) is 0 Å². The van der Waals surface area contributed by atoms with Crippen LogP contribution in [0.1, 0.15) is 5.56 Å². The van der Waals surface area contributed by atoms with Gasteiger partial charge in [-0.2, -0.15) is 0 Å². The highest BCUT2D eigenvalue weighted by molar-refractivity contribution is 5.93. The van der Waals surface area contributed by atoms with Gasteiger partial charge in [0.05, 0.1) is 32.6 Å². The van der Waals surface area contributed by atoms with Crippen molar-refractivity contribution in [3.05, 3.63) is 47.8 Å². The number of piperazine rings is 1. The van der Waals surface area contributed by atoms with Crippen molar-refractivity contribution in [2.45, 2.75) is 6.54 Å². The normalized spacial score (nSPS) is 18.5. The monoisotopic (exact) mass is 419 g/mol. The third-order valence-corrected chi connectivity index (χ3v) is 5.44. The molecule has 3 N–H and O–H groups in total. The summed E-state index contributed by atoms with van der Waals surface area (Å²) in [7, 11) is 4.75. The first-order valence-corrected chi connectivity index (χ1v) is 10.0. The van der Waals surface area contributed by atoms with Crippen molar-refractivity contribution in [3.63, 3.8) is 0 Å². The zero-order valence-corrected chi connectivity index (χ0v) is 17.7. The Morgan fingerprint density at radius 3 is 2.27 bits per heavy atom. The van der Waals surface area contributed by atoms with E-state index in [1.165, 1.54) is 15.9 Å². The van der Waals surface area contributed by atoms with E-state index in [1.807, 2.05) is 0 Å². The number of halogens is 1. The van der Waals surface area contributed by atoms with Crippen LogP contribution in [0.2, 0.25) is 0 Å². The predicted octanol–water partition coefficient (Wildman–Crippen LogP) is -0.226. The van der Waals surface area contributed by atoms with Gasteiger partial charge in [0.2, 0.25) is 0 Å². The van der Waals surface area contributed by atoms with Crippen molar-refractivity contribution in [1.82, 2.24) is 0 Å². The lowest BCUT2D eigenvalue weighted by atomic mass is 10.1. The lowest BCUT2D eigenvalue weighted by molar-refractivity contribution is -1.02. The number of hydrogen-bond donors (Lipinski definition) is 3. The summed E-state index contributed by atoms with van der Waals surface area (Å²) in [6, 6.07) is 9.93. The molecule has 0 aromatic heterocycles. The number of amides is 1. The summed E-state index contributed by atoms with van der Waals surface area (Å²) in [6.45, 7) is 4.65. The first kappa shape index (κ1) is 21.9. The Labute approximate surface area is 176 Å². The molecule has 2 aromatic carbocycles. The van der Waals surface area contributed by atoms with Crippen LogP contribution in [0.4, 0.5) is 10.1 Å². The molecular formula is C22H30FN3O4+2. The van der Waals surface area contributed by atoms with E-state index < -0.39 is 0 Å². The summed E-state index contributed by atoms with van der Waals surface area (Å²) in [5.41, 5.74) is 1.47. The van der Waals surface area contributed by atoms with Gasteiger partial charge in [0.1, 0.15) is 55.8 Å². The second-order valence-electron chi connectivity index (χ2n) is 7.42. The van der Waals surface area contributed by atoms with Crippen molar-refractivity contribution in [2.24, 2.45) is 0 Å². The van der Waals surface area contributed by atoms with E-state index >= 15 is 0 Å². The third-order valence-electron chi connectivity index (χ3n) is 5.44. The second kappa shape index (κ2) is 10.3. The molecule has 30 heavy (non-hydrogen) atoms. The largest absolute Gasteiger partial charge is 0.497 e. The number of nitrogens with one attached hydrogen (secondary N) is 3.